The first-order valence-electron chi connectivity index (χ1n) is 6.08. The Morgan fingerprint density at radius 1 is 1.33 bits per heavy atom. The van der Waals surface area contributed by atoms with Gasteiger partial charge in [0.2, 0.25) is 0 Å². The average Bonchev–Trinajstić information content (AvgIpc) is 2.65. The fourth-order valence-electron chi connectivity index (χ4n) is 2.10. The summed E-state index contributed by atoms with van der Waals surface area (Å²) in [4.78, 5) is 0. The van der Waals surface area contributed by atoms with Crippen LogP contribution in [0.3, 0.4) is 0 Å². The first kappa shape index (κ1) is 12.9. The van der Waals surface area contributed by atoms with Crippen molar-refractivity contribution in [3.8, 4) is 0 Å². The van der Waals surface area contributed by atoms with Crippen molar-refractivity contribution in [2.75, 3.05) is 19.7 Å². The van der Waals surface area contributed by atoms with Gasteiger partial charge in [-0.2, -0.15) is 0 Å². The van der Waals surface area contributed by atoms with Crippen LogP contribution in [-0.2, 0) is 0 Å². The van der Waals surface area contributed by atoms with Crippen LogP contribution in [0.4, 0.5) is 0 Å². The SMILES string of the molecule is CCC(C)(CO)CNCC1(O)CCCC1. The minimum Gasteiger partial charge on any atom is -0.396 e. The van der Waals surface area contributed by atoms with E-state index in [4.69, 9.17) is 0 Å². The zero-order chi connectivity index (χ0) is 11.4. The van der Waals surface area contributed by atoms with Gasteiger partial charge in [-0.1, -0.05) is 26.7 Å². The molecule has 1 rings (SSSR count). The van der Waals surface area contributed by atoms with Gasteiger partial charge in [-0.25, -0.2) is 0 Å². The molecule has 0 heterocycles. The molecular weight excluding hydrogens is 190 g/mol. The van der Waals surface area contributed by atoms with Crippen molar-refractivity contribution in [1.29, 1.82) is 0 Å². The molecule has 0 saturated heterocycles. The predicted octanol–water partition coefficient (Wildman–Crippen LogP) is 1.29. The molecule has 0 spiro atoms. The number of aliphatic hydroxyl groups is 2. The minimum atomic E-state index is -0.482. The highest BCUT2D eigenvalue weighted by Gasteiger charge is 2.31. The average molecular weight is 215 g/mol. The van der Waals surface area contributed by atoms with Gasteiger partial charge in [-0.05, 0) is 19.3 Å². The first-order valence-corrected chi connectivity index (χ1v) is 6.08. The summed E-state index contributed by atoms with van der Waals surface area (Å²) in [5, 5.41) is 22.6. The molecule has 3 nitrogen and oxygen atoms in total. The summed E-state index contributed by atoms with van der Waals surface area (Å²) in [7, 11) is 0. The lowest BCUT2D eigenvalue weighted by molar-refractivity contribution is 0.0415. The summed E-state index contributed by atoms with van der Waals surface area (Å²) >= 11 is 0. The highest BCUT2D eigenvalue weighted by Crippen LogP contribution is 2.29. The summed E-state index contributed by atoms with van der Waals surface area (Å²) in [6.45, 7) is 5.81. The van der Waals surface area contributed by atoms with Crippen molar-refractivity contribution in [1.82, 2.24) is 5.32 Å². The third-order valence-corrected chi connectivity index (χ3v) is 3.78. The van der Waals surface area contributed by atoms with Crippen LogP contribution in [-0.4, -0.2) is 35.5 Å². The molecule has 90 valence electrons. The van der Waals surface area contributed by atoms with Crippen LogP contribution < -0.4 is 5.32 Å². The maximum absolute atomic E-state index is 10.1. The highest BCUT2D eigenvalue weighted by atomic mass is 16.3. The van der Waals surface area contributed by atoms with Crippen molar-refractivity contribution in [2.24, 2.45) is 5.41 Å². The van der Waals surface area contributed by atoms with Gasteiger partial charge >= 0.3 is 0 Å². The smallest absolute Gasteiger partial charge is 0.0771 e. The summed E-state index contributed by atoms with van der Waals surface area (Å²) < 4.78 is 0. The fourth-order valence-corrected chi connectivity index (χ4v) is 2.10. The zero-order valence-corrected chi connectivity index (χ0v) is 10.1. The maximum atomic E-state index is 10.1. The van der Waals surface area contributed by atoms with E-state index in [1.807, 2.05) is 0 Å². The molecule has 0 aromatic carbocycles. The summed E-state index contributed by atoms with van der Waals surface area (Å²) in [6, 6.07) is 0. The van der Waals surface area contributed by atoms with E-state index in [2.05, 4.69) is 19.2 Å². The van der Waals surface area contributed by atoms with E-state index in [0.717, 1.165) is 38.6 Å². The Labute approximate surface area is 92.9 Å². The fraction of sp³-hybridized carbons (Fsp3) is 1.00. The number of nitrogens with one attached hydrogen (secondary N) is 1. The lowest BCUT2D eigenvalue weighted by Gasteiger charge is -2.29. The van der Waals surface area contributed by atoms with Crippen LogP contribution in [0.2, 0.25) is 0 Å². The summed E-state index contributed by atoms with van der Waals surface area (Å²) in [5.41, 5.74) is -0.529. The molecule has 1 unspecified atom stereocenters. The Bertz CT molecular complexity index is 180. The molecule has 0 aromatic rings. The van der Waals surface area contributed by atoms with Crippen molar-refractivity contribution in [2.45, 2.75) is 51.6 Å². The van der Waals surface area contributed by atoms with Crippen molar-refractivity contribution < 1.29 is 10.2 Å². The van der Waals surface area contributed by atoms with Gasteiger partial charge in [0.25, 0.3) is 0 Å². The Morgan fingerprint density at radius 2 is 1.93 bits per heavy atom. The highest BCUT2D eigenvalue weighted by molar-refractivity contribution is 4.87. The molecule has 3 N–H and O–H groups in total. The van der Waals surface area contributed by atoms with Crippen LogP contribution in [0, 0.1) is 5.41 Å². The number of hydrogen-bond donors (Lipinski definition) is 3. The third-order valence-electron chi connectivity index (χ3n) is 3.78. The van der Waals surface area contributed by atoms with E-state index < -0.39 is 5.60 Å². The van der Waals surface area contributed by atoms with E-state index >= 15 is 0 Å². The normalized spacial score (nSPS) is 24.0. The van der Waals surface area contributed by atoms with Gasteiger partial charge in [0, 0.05) is 25.1 Å². The molecule has 0 amide bonds. The molecule has 0 aromatic heterocycles. The van der Waals surface area contributed by atoms with E-state index in [9.17, 15) is 10.2 Å². The quantitative estimate of drug-likeness (QED) is 0.626. The Balaban J connectivity index is 2.25. The molecular formula is C12H25NO2. The van der Waals surface area contributed by atoms with Gasteiger partial charge in [0.15, 0.2) is 0 Å². The van der Waals surface area contributed by atoms with E-state index in [0.29, 0.717) is 6.54 Å². The van der Waals surface area contributed by atoms with Crippen LogP contribution in [0.5, 0.6) is 0 Å². The van der Waals surface area contributed by atoms with Crippen LogP contribution in [0.25, 0.3) is 0 Å². The molecule has 0 aliphatic heterocycles. The molecule has 0 bridgehead atoms. The third kappa shape index (κ3) is 3.74. The predicted molar refractivity (Wildman–Crippen MR) is 61.8 cm³/mol. The number of hydrogen-bond acceptors (Lipinski definition) is 3. The van der Waals surface area contributed by atoms with E-state index in [1.165, 1.54) is 0 Å². The van der Waals surface area contributed by atoms with E-state index in [-0.39, 0.29) is 12.0 Å². The summed E-state index contributed by atoms with van der Waals surface area (Å²) in [6.07, 6.45) is 5.07. The topological polar surface area (TPSA) is 52.5 Å². The second kappa shape index (κ2) is 5.28. The van der Waals surface area contributed by atoms with Crippen molar-refractivity contribution in [3.63, 3.8) is 0 Å². The maximum Gasteiger partial charge on any atom is 0.0771 e. The molecule has 3 heteroatoms. The molecule has 1 aliphatic rings. The Kier molecular flexibility index (Phi) is 4.56. The zero-order valence-electron chi connectivity index (χ0n) is 10.1. The molecule has 0 radical (unpaired) electrons. The molecule has 15 heavy (non-hydrogen) atoms. The molecule has 1 saturated carbocycles. The van der Waals surface area contributed by atoms with Crippen molar-refractivity contribution in [3.05, 3.63) is 0 Å². The Hall–Kier alpha value is -0.120. The number of aliphatic hydroxyl groups excluding tert-OH is 1. The second-order valence-electron chi connectivity index (χ2n) is 5.36. The molecule has 1 fully saturated rings. The van der Waals surface area contributed by atoms with Crippen LogP contribution in [0.15, 0.2) is 0 Å². The second-order valence-corrected chi connectivity index (χ2v) is 5.36. The standard InChI is InChI=1S/C12H25NO2/c1-3-11(2,10-14)8-13-9-12(15)6-4-5-7-12/h13-15H,3-10H2,1-2H3. The van der Waals surface area contributed by atoms with Gasteiger partial charge in [0.1, 0.15) is 0 Å². The first-order chi connectivity index (χ1) is 7.04. The molecule has 1 aliphatic carbocycles. The Morgan fingerprint density at radius 3 is 2.40 bits per heavy atom. The van der Waals surface area contributed by atoms with Crippen LogP contribution >= 0.6 is 0 Å². The van der Waals surface area contributed by atoms with Gasteiger partial charge < -0.3 is 15.5 Å². The van der Waals surface area contributed by atoms with Gasteiger partial charge in [-0.15, -0.1) is 0 Å². The monoisotopic (exact) mass is 215 g/mol. The van der Waals surface area contributed by atoms with Crippen LogP contribution in [0.1, 0.15) is 46.0 Å². The number of rotatable bonds is 6. The van der Waals surface area contributed by atoms with E-state index in [1.54, 1.807) is 0 Å². The largest absolute Gasteiger partial charge is 0.396 e. The van der Waals surface area contributed by atoms with Gasteiger partial charge in [0.05, 0.1) is 5.60 Å². The van der Waals surface area contributed by atoms with Crippen molar-refractivity contribution >= 4 is 0 Å². The molecule has 1 atom stereocenters. The lowest BCUT2D eigenvalue weighted by Crippen LogP contribution is -2.43. The van der Waals surface area contributed by atoms with Gasteiger partial charge in [-0.3, -0.25) is 0 Å². The minimum absolute atomic E-state index is 0.0467. The summed E-state index contributed by atoms with van der Waals surface area (Å²) in [5.74, 6) is 0. The lowest BCUT2D eigenvalue weighted by atomic mass is 9.88.